The summed E-state index contributed by atoms with van der Waals surface area (Å²) in [7, 11) is 0. The molecule has 0 spiro atoms. The van der Waals surface area contributed by atoms with Crippen molar-refractivity contribution in [2.75, 3.05) is 5.32 Å². The van der Waals surface area contributed by atoms with Gasteiger partial charge in [0.15, 0.2) is 0 Å². The van der Waals surface area contributed by atoms with Gasteiger partial charge in [-0.05, 0) is 43.9 Å². The number of rotatable bonds is 3. The SMILES string of the molecule is CC(Nc1ccc(Cl)cc1C(F)(F)F)C1CCCCC1. The van der Waals surface area contributed by atoms with Gasteiger partial charge in [-0.1, -0.05) is 30.9 Å². The van der Waals surface area contributed by atoms with Crippen LogP contribution in [0.2, 0.25) is 5.02 Å². The van der Waals surface area contributed by atoms with Crippen LogP contribution in [0.3, 0.4) is 0 Å². The molecule has 0 radical (unpaired) electrons. The first-order valence-electron chi connectivity index (χ1n) is 7.01. The number of nitrogens with one attached hydrogen (secondary N) is 1. The van der Waals surface area contributed by atoms with Gasteiger partial charge in [-0.25, -0.2) is 0 Å². The van der Waals surface area contributed by atoms with Crippen LogP contribution in [0.1, 0.15) is 44.6 Å². The monoisotopic (exact) mass is 305 g/mol. The van der Waals surface area contributed by atoms with Crippen LogP contribution < -0.4 is 5.32 Å². The van der Waals surface area contributed by atoms with Gasteiger partial charge in [0, 0.05) is 16.8 Å². The Morgan fingerprint density at radius 3 is 2.45 bits per heavy atom. The normalized spacial score (nSPS) is 18.9. The van der Waals surface area contributed by atoms with E-state index in [9.17, 15) is 13.2 Å². The summed E-state index contributed by atoms with van der Waals surface area (Å²) in [5.41, 5.74) is -0.562. The van der Waals surface area contributed by atoms with Gasteiger partial charge in [-0.15, -0.1) is 0 Å². The lowest BCUT2D eigenvalue weighted by Crippen LogP contribution is -2.28. The quantitative estimate of drug-likeness (QED) is 0.751. The van der Waals surface area contributed by atoms with Crippen LogP contribution in [0.25, 0.3) is 0 Å². The molecule has 1 saturated carbocycles. The van der Waals surface area contributed by atoms with E-state index in [2.05, 4.69) is 5.32 Å². The fourth-order valence-corrected chi connectivity index (χ4v) is 3.05. The van der Waals surface area contributed by atoms with Gasteiger partial charge in [0.05, 0.1) is 5.56 Å². The zero-order valence-corrected chi connectivity index (χ0v) is 12.2. The average molecular weight is 306 g/mol. The fourth-order valence-electron chi connectivity index (χ4n) is 2.87. The predicted molar refractivity (Wildman–Crippen MR) is 76.1 cm³/mol. The molecule has 1 fully saturated rings. The molecule has 0 saturated heterocycles. The molecule has 1 atom stereocenters. The zero-order chi connectivity index (χ0) is 14.8. The highest BCUT2D eigenvalue weighted by Gasteiger charge is 2.34. The highest BCUT2D eigenvalue weighted by Crippen LogP contribution is 2.37. The highest BCUT2D eigenvalue weighted by molar-refractivity contribution is 6.30. The van der Waals surface area contributed by atoms with Crippen molar-refractivity contribution in [1.29, 1.82) is 0 Å². The maximum atomic E-state index is 13.0. The van der Waals surface area contributed by atoms with Gasteiger partial charge < -0.3 is 5.32 Å². The molecular weight excluding hydrogens is 287 g/mol. The van der Waals surface area contributed by atoms with E-state index in [1.54, 1.807) is 0 Å². The molecule has 1 aliphatic rings. The van der Waals surface area contributed by atoms with Crippen LogP contribution in [0, 0.1) is 5.92 Å². The second kappa shape index (κ2) is 6.25. The van der Waals surface area contributed by atoms with E-state index in [0.29, 0.717) is 5.92 Å². The number of anilines is 1. The van der Waals surface area contributed by atoms with Crippen LogP contribution in [-0.4, -0.2) is 6.04 Å². The number of hydrogen-bond donors (Lipinski definition) is 1. The molecule has 0 amide bonds. The average Bonchev–Trinajstić information content (AvgIpc) is 2.40. The van der Waals surface area contributed by atoms with Crippen LogP contribution in [-0.2, 0) is 6.18 Å². The molecule has 1 unspecified atom stereocenters. The Hall–Kier alpha value is -0.900. The molecule has 1 N–H and O–H groups in total. The van der Waals surface area contributed by atoms with Gasteiger partial charge in [0.1, 0.15) is 0 Å². The largest absolute Gasteiger partial charge is 0.418 e. The van der Waals surface area contributed by atoms with E-state index in [4.69, 9.17) is 11.6 Å². The number of benzene rings is 1. The molecule has 0 bridgehead atoms. The van der Waals surface area contributed by atoms with Crippen molar-refractivity contribution in [1.82, 2.24) is 0 Å². The molecule has 2 rings (SSSR count). The molecule has 0 aliphatic heterocycles. The second-order valence-electron chi connectivity index (χ2n) is 5.52. The second-order valence-corrected chi connectivity index (χ2v) is 5.96. The summed E-state index contributed by atoms with van der Waals surface area (Å²) in [6, 6.07) is 3.94. The fraction of sp³-hybridized carbons (Fsp3) is 0.600. The highest BCUT2D eigenvalue weighted by atomic mass is 35.5. The zero-order valence-electron chi connectivity index (χ0n) is 11.4. The Balaban J connectivity index is 2.16. The van der Waals surface area contributed by atoms with Crippen molar-refractivity contribution in [3.63, 3.8) is 0 Å². The van der Waals surface area contributed by atoms with E-state index >= 15 is 0 Å². The van der Waals surface area contributed by atoms with Crippen molar-refractivity contribution in [3.8, 4) is 0 Å². The number of hydrogen-bond acceptors (Lipinski definition) is 1. The third kappa shape index (κ3) is 3.81. The van der Waals surface area contributed by atoms with Crippen LogP contribution in [0.4, 0.5) is 18.9 Å². The molecule has 0 heterocycles. The summed E-state index contributed by atoms with van der Waals surface area (Å²) in [6.07, 6.45) is 1.36. The molecule has 5 heteroatoms. The molecule has 1 aromatic carbocycles. The van der Waals surface area contributed by atoms with Gasteiger partial charge in [0.25, 0.3) is 0 Å². The van der Waals surface area contributed by atoms with E-state index in [-0.39, 0.29) is 16.8 Å². The van der Waals surface area contributed by atoms with E-state index in [0.717, 1.165) is 18.9 Å². The van der Waals surface area contributed by atoms with Crippen molar-refractivity contribution in [2.45, 2.75) is 51.2 Å². The third-order valence-corrected chi connectivity index (χ3v) is 4.26. The van der Waals surface area contributed by atoms with Crippen LogP contribution >= 0.6 is 11.6 Å². The van der Waals surface area contributed by atoms with E-state index in [1.165, 1.54) is 31.4 Å². The maximum absolute atomic E-state index is 13.0. The molecule has 112 valence electrons. The maximum Gasteiger partial charge on any atom is 0.418 e. The molecule has 20 heavy (non-hydrogen) atoms. The first kappa shape index (κ1) is 15.5. The molecule has 0 aromatic heterocycles. The Kier molecular flexibility index (Phi) is 4.84. The summed E-state index contributed by atoms with van der Waals surface area (Å²) in [4.78, 5) is 0. The summed E-state index contributed by atoms with van der Waals surface area (Å²) in [5, 5.41) is 3.14. The van der Waals surface area contributed by atoms with Crippen molar-refractivity contribution in [2.24, 2.45) is 5.92 Å². The van der Waals surface area contributed by atoms with E-state index in [1.807, 2.05) is 6.92 Å². The smallest absolute Gasteiger partial charge is 0.382 e. The van der Waals surface area contributed by atoms with Gasteiger partial charge in [-0.3, -0.25) is 0 Å². The van der Waals surface area contributed by atoms with Crippen molar-refractivity contribution < 1.29 is 13.2 Å². The Labute approximate surface area is 122 Å². The Bertz CT molecular complexity index is 453. The number of alkyl halides is 3. The Morgan fingerprint density at radius 2 is 1.85 bits per heavy atom. The molecule has 1 aliphatic carbocycles. The minimum atomic E-state index is -4.39. The van der Waals surface area contributed by atoms with Gasteiger partial charge >= 0.3 is 6.18 Å². The molecule has 1 nitrogen and oxygen atoms in total. The minimum absolute atomic E-state index is 0.0394. The summed E-state index contributed by atoms with van der Waals surface area (Å²) in [5.74, 6) is 0.445. The molecule has 1 aromatic rings. The standard InChI is InChI=1S/C15H19ClF3N/c1-10(11-5-3-2-4-6-11)20-14-8-7-12(16)9-13(14)15(17,18)19/h7-11,20H,2-6H2,1H3. The topological polar surface area (TPSA) is 12.0 Å². The van der Waals surface area contributed by atoms with Gasteiger partial charge in [0.2, 0.25) is 0 Å². The van der Waals surface area contributed by atoms with Crippen molar-refractivity contribution >= 4 is 17.3 Å². The van der Waals surface area contributed by atoms with Crippen LogP contribution in [0.15, 0.2) is 18.2 Å². The lowest BCUT2D eigenvalue weighted by atomic mass is 9.84. The van der Waals surface area contributed by atoms with E-state index < -0.39 is 11.7 Å². The first-order valence-corrected chi connectivity index (χ1v) is 7.39. The predicted octanol–water partition coefficient (Wildman–Crippen LogP) is 5.74. The van der Waals surface area contributed by atoms with Gasteiger partial charge in [-0.2, -0.15) is 13.2 Å². The summed E-state index contributed by atoms with van der Waals surface area (Å²) in [6.45, 7) is 1.96. The summed E-state index contributed by atoms with van der Waals surface area (Å²) >= 11 is 5.68. The lowest BCUT2D eigenvalue weighted by Gasteiger charge is -2.30. The minimum Gasteiger partial charge on any atom is -0.382 e. The van der Waals surface area contributed by atoms with Crippen LogP contribution in [0.5, 0.6) is 0 Å². The third-order valence-electron chi connectivity index (χ3n) is 4.03. The Morgan fingerprint density at radius 1 is 1.20 bits per heavy atom. The lowest BCUT2D eigenvalue weighted by molar-refractivity contribution is -0.137. The summed E-state index contributed by atoms with van der Waals surface area (Å²) < 4.78 is 39.1. The molecular formula is C15H19ClF3N. The first-order chi connectivity index (χ1) is 9.38. The number of halogens is 4. The van der Waals surface area contributed by atoms with Crippen molar-refractivity contribution in [3.05, 3.63) is 28.8 Å².